The second-order valence-corrected chi connectivity index (χ2v) is 8.14. The highest BCUT2D eigenvalue weighted by molar-refractivity contribution is 5.44. The second kappa shape index (κ2) is 12.9. The zero-order valence-corrected chi connectivity index (χ0v) is 20.3. The molecule has 0 saturated heterocycles. The third-order valence-electron chi connectivity index (χ3n) is 5.58. The molecule has 3 rings (SSSR count). The Labute approximate surface area is 202 Å². The van der Waals surface area contributed by atoms with Crippen LogP contribution in [0.15, 0.2) is 67.3 Å². The number of allylic oxidation sites excluding steroid dienone is 1. The van der Waals surface area contributed by atoms with Gasteiger partial charge in [-0.05, 0) is 56.2 Å². The number of rotatable bonds is 14. The molecule has 3 aromatic rings. The first kappa shape index (κ1) is 25.5. The van der Waals surface area contributed by atoms with Crippen molar-refractivity contribution >= 4 is 0 Å². The smallest absolute Gasteiger partial charge is 0.227 e. The van der Waals surface area contributed by atoms with Gasteiger partial charge in [-0.3, -0.25) is 4.90 Å². The summed E-state index contributed by atoms with van der Waals surface area (Å²) in [6, 6.07) is 17.4. The largest absolute Gasteiger partial charge is 0.497 e. The molecule has 7 heteroatoms. The van der Waals surface area contributed by atoms with E-state index in [0.29, 0.717) is 44.3 Å². The Morgan fingerprint density at radius 2 is 1.79 bits per heavy atom. The van der Waals surface area contributed by atoms with Gasteiger partial charge in [-0.1, -0.05) is 24.3 Å². The molecular weight excluding hydrogens is 430 g/mol. The van der Waals surface area contributed by atoms with Crippen LogP contribution in [-0.4, -0.2) is 59.8 Å². The number of ether oxygens (including phenoxy) is 3. The molecule has 182 valence electrons. The predicted molar refractivity (Wildman–Crippen MR) is 134 cm³/mol. The van der Waals surface area contributed by atoms with E-state index >= 15 is 0 Å². The van der Waals surface area contributed by atoms with Gasteiger partial charge in [0.1, 0.15) is 11.5 Å². The molecule has 0 fully saturated rings. The summed E-state index contributed by atoms with van der Waals surface area (Å²) in [6.45, 7) is 8.07. The van der Waals surface area contributed by atoms with E-state index in [-0.39, 0.29) is 0 Å². The van der Waals surface area contributed by atoms with Crippen molar-refractivity contribution < 1.29 is 19.3 Å². The van der Waals surface area contributed by atoms with E-state index < -0.39 is 6.10 Å². The lowest BCUT2D eigenvalue weighted by molar-refractivity contribution is 0.0804. The Hall–Kier alpha value is -3.13. The molecule has 0 aliphatic heterocycles. The first-order valence-electron chi connectivity index (χ1n) is 11.5. The van der Waals surface area contributed by atoms with Crippen LogP contribution in [0.3, 0.4) is 0 Å². The van der Waals surface area contributed by atoms with Gasteiger partial charge in [-0.15, -0.1) is 6.58 Å². The van der Waals surface area contributed by atoms with E-state index in [0.717, 1.165) is 29.1 Å². The van der Waals surface area contributed by atoms with Crippen molar-refractivity contribution in [2.45, 2.75) is 32.4 Å². The van der Waals surface area contributed by atoms with Crippen LogP contribution in [0.2, 0.25) is 0 Å². The van der Waals surface area contributed by atoms with Crippen molar-refractivity contribution in [3.63, 3.8) is 0 Å². The predicted octanol–water partition coefficient (Wildman–Crippen LogP) is 4.76. The van der Waals surface area contributed by atoms with Crippen molar-refractivity contribution in [3.05, 3.63) is 78.5 Å². The minimum atomic E-state index is -0.453. The number of benzene rings is 2. The summed E-state index contributed by atoms with van der Waals surface area (Å²) in [4.78, 5) is 2.18. The molecule has 1 atom stereocenters. The summed E-state index contributed by atoms with van der Waals surface area (Å²) < 4.78 is 18.8. The van der Waals surface area contributed by atoms with E-state index in [9.17, 15) is 5.11 Å². The Kier molecular flexibility index (Phi) is 9.70. The third kappa shape index (κ3) is 6.93. The van der Waals surface area contributed by atoms with Gasteiger partial charge in [0.15, 0.2) is 0 Å². The van der Waals surface area contributed by atoms with Crippen molar-refractivity contribution in [2.75, 3.05) is 33.9 Å². The van der Waals surface area contributed by atoms with E-state index in [2.05, 4.69) is 11.5 Å². The lowest BCUT2D eigenvalue weighted by Gasteiger charge is -2.25. The van der Waals surface area contributed by atoms with Gasteiger partial charge in [0.25, 0.3) is 0 Å². The third-order valence-corrected chi connectivity index (χ3v) is 5.58. The first-order valence-corrected chi connectivity index (χ1v) is 11.5. The molecule has 0 saturated carbocycles. The molecule has 1 N–H and O–H groups in total. The number of methoxy groups -OCH3 is 2. The van der Waals surface area contributed by atoms with Crippen LogP contribution < -0.4 is 9.47 Å². The summed E-state index contributed by atoms with van der Waals surface area (Å²) in [7, 11) is 3.32. The molecular formula is C27H35N3O4. The number of hydrogen-bond acceptors (Lipinski definition) is 6. The Morgan fingerprint density at radius 1 is 1.09 bits per heavy atom. The summed E-state index contributed by atoms with van der Waals surface area (Å²) in [6.07, 6.45) is 2.82. The second-order valence-electron chi connectivity index (χ2n) is 8.14. The number of aliphatic hydroxyl groups is 1. The minimum absolute atomic E-state index is 0.453. The summed E-state index contributed by atoms with van der Waals surface area (Å²) in [5, 5.41) is 15.3. The van der Waals surface area contributed by atoms with Gasteiger partial charge in [0, 0.05) is 26.7 Å². The van der Waals surface area contributed by atoms with Crippen LogP contribution in [-0.2, 0) is 11.3 Å². The fourth-order valence-electron chi connectivity index (χ4n) is 3.70. The zero-order valence-electron chi connectivity index (χ0n) is 20.3. The number of para-hydroxylation sites is 1. The van der Waals surface area contributed by atoms with Gasteiger partial charge in [0.05, 0.1) is 36.8 Å². The van der Waals surface area contributed by atoms with Gasteiger partial charge in [-0.2, -0.15) is 5.10 Å². The van der Waals surface area contributed by atoms with Crippen molar-refractivity contribution in [3.8, 4) is 23.1 Å². The standard InChI is InChI=1S/C27H35N3O4/c1-5-6-12-23(31)19-29(17-18-32-3)20-26-21(2)28-30(22-10-8-7-9-11-22)27(26)34-25-15-13-24(33-4)14-16-25/h5,7-11,13-16,23,31H,1,6,12,17-20H2,2-4H3. The summed E-state index contributed by atoms with van der Waals surface area (Å²) in [5.74, 6) is 2.10. The van der Waals surface area contributed by atoms with Crippen molar-refractivity contribution in [1.82, 2.24) is 14.7 Å². The zero-order chi connectivity index (χ0) is 24.3. The first-order chi connectivity index (χ1) is 16.5. The van der Waals surface area contributed by atoms with Gasteiger partial charge in [-0.25, -0.2) is 4.68 Å². The highest BCUT2D eigenvalue weighted by atomic mass is 16.5. The molecule has 34 heavy (non-hydrogen) atoms. The topological polar surface area (TPSA) is 69.0 Å². The number of aromatic nitrogens is 2. The quantitative estimate of drug-likeness (QED) is 0.346. The molecule has 1 aromatic heterocycles. The van der Waals surface area contributed by atoms with Crippen LogP contribution in [0, 0.1) is 6.92 Å². The van der Waals surface area contributed by atoms with Crippen LogP contribution in [0.1, 0.15) is 24.1 Å². The normalized spacial score (nSPS) is 12.0. The highest BCUT2D eigenvalue weighted by Gasteiger charge is 2.22. The molecule has 7 nitrogen and oxygen atoms in total. The number of nitrogens with zero attached hydrogens (tertiary/aromatic N) is 3. The van der Waals surface area contributed by atoms with Gasteiger partial charge >= 0.3 is 0 Å². The van der Waals surface area contributed by atoms with Crippen molar-refractivity contribution in [2.24, 2.45) is 0 Å². The number of hydrogen-bond donors (Lipinski definition) is 1. The van der Waals surface area contributed by atoms with Crippen molar-refractivity contribution in [1.29, 1.82) is 0 Å². The molecule has 1 unspecified atom stereocenters. The van der Waals surface area contributed by atoms with Gasteiger partial charge in [0.2, 0.25) is 5.88 Å². The molecule has 0 spiro atoms. The lowest BCUT2D eigenvalue weighted by atomic mass is 10.1. The Bertz CT molecular complexity index is 1020. The molecule has 0 bridgehead atoms. The maximum atomic E-state index is 10.5. The van der Waals surface area contributed by atoms with Crippen LogP contribution in [0.25, 0.3) is 5.69 Å². The number of aryl methyl sites for hydroxylation is 1. The Morgan fingerprint density at radius 3 is 2.44 bits per heavy atom. The van der Waals surface area contributed by atoms with Crippen LogP contribution >= 0.6 is 0 Å². The van der Waals surface area contributed by atoms with E-state index in [1.165, 1.54) is 0 Å². The molecule has 0 aliphatic carbocycles. The molecule has 0 aliphatic rings. The fourth-order valence-corrected chi connectivity index (χ4v) is 3.70. The maximum absolute atomic E-state index is 10.5. The summed E-state index contributed by atoms with van der Waals surface area (Å²) in [5.41, 5.74) is 2.75. The average molecular weight is 466 g/mol. The highest BCUT2D eigenvalue weighted by Crippen LogP contribution is 2.32. The fraction of sp³-hybridized carbons (Fsp3) is 0.370. The molecule has 0 radical (unpaired) electrons. The molecule has 2 aromatic carbocycles. The van der Waals surface area contributed by atoms with E-state index in [4.69, 9.17) is 19.3 Å². The Balaban J connectivity index is 1.94. The summed E-state index contributed by atoms with van der Waals surface area (Å²) >= 11 is 0. The maximum Gasteiger partial charge on any atom is 0.227 e. The number of aliphatic hydroxyl groups excluding tert-OH is 1. The SMILES string of the molecule is C=CCCC(O)CN(CCOC)Cc1c(C)nn(-c2ccccc2)c1Oc1ccc(OC)cc1. The van der Waals surface area contributed by atoms with Crippen LogP contribution in [0.5, 0.6) is 17.4 Å². The van der Waals surface area contributed by atoms with Crippen LogP contribution in [0.4, 0.5) is 0 Å². The molecule has 0 amide bonds. The molecule has 1 heterocycles. The van der Waals surface area contributed by atoms with Gasteiger partial charge < -0.3 is 19.3 Å². The monoisotopic (exact) mass is 465 g/mol. The lowest BCUT2D eigenvalue weighted by Crippen LogP contribution is -2.34. The average Bonchev–Trinajstić information content (AvgIpc) is 3.16. The van der Waals surface area contributed by atoms with E-state index in [1.54, 1.807) is 14.2 Å². The minimum Gasteiger partial charge on any atom is -0.497 e. The van der Waals surface area contributed by atoms with E-state index in [1.807, 2.05) is 72.3 Å².